The number of thiophene rings is 1. The van der Waals surface area contributed by atoms with Gasteiger partial charge in [-0.3, -0.25) is 4.90 Å². The lowest BCUT2D eigenvalue weighted by atomic mass is 9.85. The number of hydrogen-bond donors (Lipinski definition) is 1. The molecule has 0 fully saturated rings. The van der Waals surface area contributed by atoms with E-state index in [2.05, 4.69) is 49.1 Å². The van der Waals surface area contributed by atoms with Crippen molar-refractivity contribution in [2.75, 3.05) is 12.3 Å². The molecule has 1 aromatic heterocycles. The van der Waals surface area contributed by atoms with Gasteiger partial charge in [-0.1, -0.05) is 30.3 Å². The fourth-order valence-corrected chi connectivity index (χ4v) is 4.35. The molecule has 21 heavy (non-hydrogen) atoms. The van der Waals surface area contributed by atoms with Gasteiger partial charge in [0.1, 0.15) is 11.1 Å². The molecule has 2 N–H and O–H groups in total. The summed E-state index contributed by atoms with van der Waals surface area (Å²) in [5, 5.41) is 10.1. The lowest BCUT2D eigenvalue weighted by molar-refractivity contribution is 0.0995. The topological polar surface area (TPSA) is 53.1 Å². The van der Waals surface area contributed by atoms with Crippen molar-refractivity contribution in [1.29, 1.82) is 5.26 Å². The Balaban J connectivity index is 1.98. The minimum atomic E-state index is -0.164. The van der Waals surface area contributed by atoms with Gasteiger partial charge in [-0.15, -0.1) is 11.3 Å². The predicted octanol–water partition coefficient (Wildman–Crippen LogP) is 3.50. The number of nitrogen functional groups attached to an aromatic ring is 1. The Morgan fingerprint density at radius 1 is 1.33 bits per heavy atom. The average molecular weight is 297 g/mol. The normalized spacial score (nSPS) is 17.2. The highest BCUT2D eigenvalue weighted by Gasteiger charge is 2.38. The molecular weight excluding hydrogens is 278 g/mol. The number of rotatable bonds is 2. The number of nitriles is 1. The minimum Gasteiger partial charge on any atom is -0.389 e. The third kappa shape index (κ3) is 2.33. The SMILES string of the molecule is CC1(C)c2c(sc(N)c2C#N)CCN1Cc1ccccc1. The van der Waals surface area contributed by atoms with Crippen molar-refractivity contribution in [1.82, 2.24) is 4.90 Å². The van der Waals surface area contributed by atoms with Crippen LogP contribution < -0.4 is 5.73 Å². The monoisotopic (exact) mass is 297 g/mol. The van der Waals surface area contributed by atoms with Crippen molar-refractivity contribution >= 4 is 16.3 Å². The Hall–Kier alpha value is -1.83. The minimum absolute atomic E-state index is 0.164. The number of benzene rings is 1. The Kier molecular flexibility index (Phi) is 3.48. The summed E-state index contributed by atoms with van der Waals surface area (Å²) in [6.45, 7) is 6.29. The molecule has 3 rings (SSSR count). The van der Waals surface area contributed by atoms with Gasteiger partial charge >= 0.3 is 0 Å². The molecule has 2 aromatic rings. The molecule has 3 nitrogen and oxygen atoms in total. The van der Waals surface area contributed by atoms with Crippen molar-refractivity contribution in [3.63, 3.8) is 0 Å². The van der Waals surface area contributed by atoms with E-state index in [-0.39, 0.29) is 5.54 Å². The highest BCUT2D eigenvalue weighted by molar-refractivity contribution is 7.16. The molecule has 0 spiro atoms. The Morgan fingerprint density at radius 2 is 2.05 bits per heavy atom. The van der Waals surface area contributed by atoms with Crippen LogP contribution in [0, 0.1) is 11.3 Å². The van der Waals surface area contributed by atoms with Crippen LogP contribution >= 0.6 is 11.3 Å². The Bertz CT molecular complexity index is 695. The average Bonchev–Trinajstić information content (AvgIpc) is 2.80. The maximum absolute atomic E-state index is 9.43. The molecule has 4 heteroatoms. The quantitative estimate of drug-likeness (QED) is 0.923. The second kappa shape index (κ2) is 5.18. The van der Waals surface area contributed by atoms with Gasteiger partial charge in [0.2, 0.25) is 0 Å². The molecule has 0 saturated heterocycles. The largest absolute Gasteiger partial charge is 0.389 e. The van der Waals surface area contributed by atoms with E-state index in [1.165, 1.54) is 10.4 Å². The predicted molar refractivity (Wildman–Crippen MR) is 87.0 cm³/mol. The molecular formula is C17H19N3S. The van der Waals surface area contributed by atoms with Crippen LogP contribution in [0.15, 0.2) is 30.3 Å². The molecule has 0 aliphatic carbocycles. The first-order chi connectivity index (χ1) is 10.0. The zero-order chi connectivity index (χ0) is 15.0. The van der Waals surface area contributed by atoms with E-state index in [4.69, 9.17) is 5.73 Å². The summed E-state index contributed by atoms with van der Waals surface area (Å²) < 4.78 is 0. The number of nitrogens with two attached hydrogens (primary N) is 1. The van der Waals surface area contributed by atoms with E-state index in [0.29, 0.717) is 10.6 Å². The first-order valence-electron chi connectivity index (χ1n) is 7.14. The Labute approximate surface area is 129 Å². The van der Waals surface area contributed by atoms with Crippen molar-refractivity contribution in [2.24, 2.45) is 0 Å². The maximum Gasteiger partial charge on any atom is 0.104 e. The first kappa shape index (κ1) is 14.1. The van der Waals surface area contributed by atoms with Crippen LogP contribution in [0.25, 0.3) is 0 Å². The molecule has 1 aliphatic rings. The summed E-state index contributed by atoms with van der Waals surface area (Å²) in [7, 11) is 0. The number of hydrogen-bond acceptors (Lipinski definition) is 4. The molecule has 0 amide bonds. The van der Waals surface area contributed by atoms with Gasteiger partial charge < -0.3 is 5.73 Å². The number of nitrogens with zero attached hydrogens (tertiary/aromatic N) is 2. The van der Waals surface area contributed by atoms with E-state index < -0.39 is 0 Å². The van der Waals surface area contributed by atoms with E-state index in [9.17, 15) is 5.26 Å². The number of anilines is 1. The fourth-order valence-electron chi connectivity index (χ4n) is 3.19. The molecule has 0 radical (unpaired) electrons. The van der Waals surface area contributed by atoms with Crippen molar-refractivity contribution in [3.8, 4) is 6.07 Å². The molecule has 0 atom stereocenters. The van der Waals surface area contributed by atoms with Crippen LogP contribution in [0.5, 0.6) is 0 Å². The molecule has 0 saturated carbocycles. The zero-order valence-electron chi connectivity index (χ0n) is 12.4. The molecule has 108 valence electrons. The van der Waals surface area contributed by atoms with Crippen LogP contribution in [0.2, 0.25) is 0 Å². The van der Waals surface area contributed by atoms with Gasteiger partial charge in [-0.2, -0.15) is 5.26 Å². The maximum atomic E-state index is 9.43. The van der Waals surface area contributed by atoms with Crippen LogP contribution in [0.1, 0.15) is 35.4 Å². The van der Waals surface area contributed by atoms with Gasteiger partial charge in [0.15, 0.2) is 0 Å². The van der Waals surface area contributed by atoms with Crippen LogP contribution in [-0.4, -0.2) is 11.4 Å². The summed E-state index contributed by atoms with van der Waals surface area (Å²) in [5.74, 6) is 0. The zero-order valence-corrected chi connectivity index (χ0v) is 13.2. The van der Waals surface area contributed by atoms with Gasteiger partial charge in [0.05, 0.1) is 5.56 Å². The Morgan fingerprint density at radius 3 is 2.71 bits per heavy atom. The fraction of sp³-hybridized carbons (Fsp3) is 0.353. The lowest BCUT2D eigenvalue weighted by Gasteiger charge is -2.43. The van der Waals surface area contributed by atoms with Gasteiger partial charge in [-0.05, 0) is 25.8 Å². The second-order valence-electron chi connectivity index (χ2n) is 5.97. The lowest BCUT2D eigenvalue weighted by Crippen LogP contribution is -2.46. The van der Waals surface area contributed by atoms with Crippen molar-refractivity contribution in [3.05, 3.63) is 51.9 Å². The van der Waals surface area contributed by atoms with Crippen molar-refractivity contribution in [2.45, 2.75) is 32.4 Å². The van der Waals surface area contributed by atoms with E-state index in [0.717, 1.165) is 25.1 Å². The molecule has 0 bridgehead atoms. The van der Waals surface area contributed by atoms with E-state index >= 15 is 0 Å². The molecule has 0 unspecified atom stereocenters. The van der Waals surface area contributed by atoms with Crippen LogP contribution in [-0.2, 0) is 18.5 Å². The first-order valence-corrected chi connectivity index (χ1v) is 7.96. The summed E-state index contributed by atoms with van der Waals surface area (Å²) in [6, 6.07) is 12.8. The highest BCUT2D eigenvalue weighted by Crippen LogP contribution is 2.44. The third-order valence-electron chi connectivity index (χ3n) is 4.35. The molecule has 1 aliphatic heterocycles. The smallest absolute Gasteiger partial charge is 0.104 e. The van der Waals surface area contributed by atoms with Gasteiger partial charge in [0, 0.05) is 29.1 Å². The van der Waals surface area contributed by atoms with Crippen molar-refractivity contribution < 1.29 is 0 Å². The summed E-state index contributed by atoms with van der Waals surface area (Å²) >= 11 is 1.58. The number of fused-ring (bicyclic) bond motifs is 1. The van der Waals surface area contributed by atoms with E-state index in [1.54, 1.807) is 11.3 Å². The standard InChI is InChI=1S/C17H19N3S/c1-17(2)15-13(10-18)16(19)21-14(15)8-9-20(17)11-12-6-4-3-5-7-12/h3-7H,8-9,11,19H2,1-2H3. The summed E-state index contributed by atoms with van der Waals surface area (Å²) in [4.78, 5) is 3.72. The second-order valence-corrected chi connectivity index (χ2v) is 7.10. The van der Waals surface area contributed by atoms with E-state index in [1.807, 2.05) is 6.07 Å². The molecule has 1 aromatic carbocycles. The third-order valence-corrected chi connectivity index (χ3v) is 5.43. The summed E-state index contributed by atoms with van der Waals surface area (Å²) in [6.07, 6.45) is 0.974. The summed E-state index contributed by atoms with van der Waals surface area (Å²) in [5.41, 5.74) is 8.98. The van der Waals surface area contributed by atoms with Gasteiger partial charge in [0.25, 0.3) is 0 Å². The molecule has 2 heterocycles. The highest BCUT2D eigenvalue weighted by atomic mass is 32.1. The van der Waals surface area contributed by atoms with Gasteiger partial charge in [-0.25, -0.2) is 0 Å². The van der Waals surface area contributed by atoms with Crippen LogP contribution in [0.3, 0.4) is 0 Å². The van der Waals surface area contributed by atoms with Crippen LogP contribution in [0.4, 0.5) is 5.00 Å².